The molecule has 5 aromatic carbocycles. The highest BCUT2D eigenvalue weighted by Crippen LogP contribution is 2.36. The van der Waals surface area contributed by atoms with Crippen LogP contribution in [-0.4, -0.2) is 26.4 Å². The second-order valence-corrected chi connectivity index (χ2v) is 15.4. The van der Waals surface area contributed by atoms with Gasteiger partial charge in [0.25, 0.3) is 0 Å². The Balaban J connectivity index is 1.54. The van der Waals surface area contributed by atoms with Crippen LogP contribution in [0.25, 0.3) is 21.5 Å². The fourth-order valence-electron chi connectivity index (χ4n) is 5.48. The molecule has 37 heavy (non-hydrogen) atoms. The van der Waals surface area contributed by atoms with Gasteiger partial charge in [-0.25, -0.2) is 0 Å². The van der Waals surface area contributed by atoms with Gasteiger partial charge in [0.15, 0.2) is 0 Å². The van der Waals surface area contributed by atoms with Crippen LogP contribution in [0.2, 0.25) is 6.55 Å². The quantitative estimate of drug-likeness (QED) is 0.243. The zero-order valence-corrected chi connectivity index (χ0v) is 23.3. The molecule has 1 aliphatic rings. The third-order valence-electron chi connectivity index (χ3n) is 8.64. The van der Waals surface area contributed by atoms with E-state index in [4.69, 9.17) is 9.31 Å². The molecule has 2 nitrogen and oxygen atoms in total. The first-order valence-corrected chi connectivity index (χ1v) is 15.6. The SMILES string of the molecule is CC1(C)OB(c2cccc([Si](C)(c3ccc4ccccc4c3)c3ccc4ccccc4c3)c2)OC1(C)C. The largest absolute Gasteiger partial charge is 0.494 e. The molecule has 0 spiro atoms. The normalized spacial score (nSPS) is 16.9. The van der Waals surface area contributed by atoms with Gasteiger partial charge in [0.2, 0.25) is 0 Å². The Morgan fingerprint density at radius 2 is 0.973 bits per heavy atom. The molecule has 1 heterocycles. The lowest BCUT2D eigenvalue weighted by molar-refractivity contribution is 0.00578. The Bertz CT molecular complexity index is 1530. The predicted octanol–water partition coefficient (Wildman–Crippen LogP) is 5.39. The topological polar surface area (TPSA) is 18.5 Å². The Morgan fingerprint density at radius 3 is 1.49 bits per heavy atom. The Kier molecular flexibility index (Phi) is 5.68. The molecule has 0 bridgehead atoms. The van der Waals surface area contributed by atoms with Crippen molar-refractivity contribution < 1.29 is 9.31 Å². The van der Waals surface area contributed by atoms with Crippen molar-refractivity contribution in [3.05, 3.63) is 109 Å². The van der Waals surface area contributed by atoms with E-state index in [9.17, 15) is 0 Å². The van der Waals surface area contributed by atoms with Crippen molar-refractivity contribution in [2.45, 2.75) is 45.4 Å². The second kappa shape index (κ2) is 8.70. The van der Waals surface area contributed by atoms with Crippen molar-refractivity contribution in [2.75, 3.05) is 0 Å². The van der Waals surface area contributed by atoms with E-state index in [2.05, 4.69) is 143 Å². The van der Waals surface area contributed by atoms with Crippen LogP contribution in [0, 0.1) is 0 Å². The third-order valence-corrected chi connectivity index (χ3v) is 13.0. The third kappa shape index (κ3) is 4.04. The van der Waals surface area contributed by atoms with Gasteiger partial charge in [-0.3, -0.25) is 0 Å². The highest BCUT2D eigenvalue weighted by atomic mass is 28.3. The van der Waals surface area contributed by atoms with E-state index in [1.165, 1.54) is 37.1 Å². The number of fused-ring (bicyclic) bond motifs is 2. The molecular formula is C33H33BO2Si. The lowest BCUT2D eigenvalue weighted by Crippen LogP contribution is -2.65. The van der Waals surface area contributed by atoms with Crippen molar-refractivity contribution in [3.63, 3.8) is 0 Å². The molecule has 184 valence electrons. The van der Waals surface area contributed by atoms with Gasteiger partial charge in [-0.2, -0.15) is 0 Å². The van der Waals surface area contributed by atoms with Gasteiger partial charge in [0, 0.05) is 0 Å². The minimum atomic E-state index is -2.38. The van der Waals surface area contributed by atoms with Gasteiger partial charge in [-0.1, -0.05) is 116 Å². The maximum atomic E-state index is 6.44. The summed E-state index contributed by atoms with van der Waals surface area (Å²) in [7, 11) is -2.76. The predicted molar refractivity (Wildman–Crippen MR) is 161 cm³/mol. The molecule has 0 N–H and O–H groups in total. The molecule has 0 aromatic heterocycles. The second-order valence-electron chi connectivity index (χ2n) is 11.5. The zero-order chi connectivity index (χ0) is 25.8. The van der Waals surface area contributed by atoms with Gasteiger partial charge < -0.3 is 9.31 Å². The van der Waals surface area contributed by atoms with Gasteiger partial charge in [-0.15, -0.1) is 0 Å². The van der Waals surface area contributed by atoms with E-state index in [0.717, 1.165) is 5.46 Å². The lowest BCUT2D eigenvalue weighted by atomic mass is 9.79. The van der Waals surface area contributed by atoms with E-state index in [1.807, 2.05) is 0 Å². The molecular weight excluding hydrogens is 467 g/mol. The minimum Gasteiger partial charge on any atom is -0.399 e. The van der Waals surface area contributed by atoms with Gasteiger partial charge in [-0.05, 0) is 70.3 Å². The molecule has 5 aromatic rings. The van der Waals surface area contributed by atoms with E-state index in [1.54, 1.807) is 0 Å². The van der Waals surface area contributed by atoms with Crippen molar-refractivity contribution in [2.24, 2.45) is 0 Å². The average molecular weight is 501 g/mol. The van der Waals surface area contributed by atoms with Gasteiger partial charge in [0.1, 0.15) is 8.07 Å². The fourth-order valence-corrected chi connectivity index (χ4v) is 9.08. The average Bonchev–Trinajstić information content (AvgIpc) is 3.14. The summed E-state index contributed by atoms with van der Waals surface area (Å²) in [5.74, 6) is 0. The molecule has 0 amide bonds. The molecule has 0 unspecified atom stereocenters. The molecule has 6 rings (SSSR count). The summed E-state index contributed by atoms with van der Waals surface area (Å²) in [6.07, 6.45) is 0. The molecule has 4 heteroatoms. The molecule has 0 aliphatic carbocycles. The Hall–Kier alpha value is -3.18. The molecule has 0 atom stereocenters. The van der Waals surface area contributed by atoms with Crippen LogP contribution in [0.15, 0.2) is 109 Å². The van der Waals surface area contributed by atoms with Crippen LogP contribution < -0.4 is 21.0 Å². The highest BCUT2D eigenvalue weighted by molar-refractivity contribution is 7.11. The van der Waals surface area contributed by atoms with Crippen LogP contribution in [-0.2, 0) is 9.31 Å². The molecule has 0 radical (unpaired) electrons. The summed E-state index contributed by atoms with van der Waals surface area (Å²) in [6, 6.07) is 40.2. The molecule has 0 saturated carbocycles. The smallest absolute Gasteiger partial charge is 0.399 e. The van der Waals surface area contributed by atoms with Gasteiger partial charge in [0.05, 0.1) is 11.2 Å². The molecule has 1 fully saturated rings. The zero-order valence-electron chi connectivity index (χ0n) is 22.3. The maximum absolute atomic E-state index is 6.44. The highest BCUT2D eigenvalue weighted by Gasteiger charge is 2.52. The molecule has 1 saturated heterocycles. The molecule has 1 aliphatic heterocycles. The summed E-state index contributed by atoms with van der Waals surface area (Å²) in [5.41, 5.74) is 0.340. The van der Waals surface area contributed by atoms with E-state index in [0.29, 0.717) is 0 Å². The van der Waals surface area contributed by atoms with Crippen LogP contribution in [0.5, 0.6) is 0 Å². The lowest BCUT2D eigenvalue weighted by Gasteiger charge is -2.32. The Labute approximate surface area is 221 Å². The Morgan fingerprint density at radius 1 is 0.514 bits per heavy atom. The van der Waals surface area contributed by atoms with Crippen LogP contribution in [0.4, 0.5) is 0 Å². The van der Waals surface area contributed by atoms with Crippen molar-refractivity contribution >= 4 is 57.8 Å². The first-order chi connectivity index (χ1) is 17.7. The van der Waals surface area contributed by atoms with E-state index in [-0.39, 0.29) is 18.3 Å². The summed E-state index contributed by atoms with van der Waals surface area (Å²) >= 11 is 0. The summed E-state index contributed by atoms with van der Waals surface area (Å²) in [5, 5.41) is 9.24. The van der Waals surface area contributed by atoms with E-state index >= 15 is 0 Å². The first-order valence-electron chi connectivity index (χ1n) is 13.1. The van der Waals surface area contributed by atoms with Crippen LogP contribution in [0.3, 0.4) is 0 Å². The minimum absolute atomic E-state index is 0.370. The van der Waals surface area contributed by atoms with Gasteiger partial charge >= 0.3 is 7.12 Å². The van der Waals surface area contributed by atoms with Crippen molar-refractivity contribution in [1.82, 2.24) is 0 Å². The fraction of sp³-hybridized carbons (Fsp3) is 0.212. The monoisotopic (exact) mass is 500 g/mol. The number of rotatable bonds is 4. The number of benzene rings is 5. The maximum Gasteiger partial charge on any atom is 0.494 e. The summed E-state index contributed by atoms with van der Waals surface area (Å²) < 4.78 is 12.9. The van der Waals surface area contributed by atoms with E-state index < -0.39 is 8.07 Å². The summed E-state index contributed by atoms with van der Waals surface area (Å²) in [4.78, 5) is 0. The first kappa shape index (κ1) is 24.2. The van der Waals surface area contributed by atoms with Crippen molar-refractivity contribution in [1.29, 1.82) is 0 Å². The van der Waals surface area contributed by atoms with Crippen LogP contribution >= 0.6 is 0 Å². The standard InChI is InChI=1S/C33H33BO2Si/c1-32(2)33(3,4)36-34(35-32)28-15-10-16-29(23-28)37(5,30-19-17-24-11-6-8-13-26(24)21-30)31-20-18-25-12-7-9-14-27(25)22-31/h6-23H,1-5H3. The van der Waals surface area contributed by atoms with Crippen LogP contribution in [0.1, 0.15) is 27.7 Å². The van der Waals surface area contributed by atoms with Crippen molar-refractivity contribution in [3.8, 4) is 0 Å². The number of hydrogen-bond acceptors (Lipinski definition) is 2. The number of hydrogen-bond donors (Lipinski definition) is 0. The summed E-state index contributed by atoms with van der Waals surface area (Å²) in [6.45, 7) is 10.9.